The van der Waals surface area contributed by atoms with Crippen molar-refractivity contribution in [2.75, 3.05) is 5.75 Å². The van der Waals surface area contributed by atoms with Gasteiger partial charge in [-0.2, -0.15) is 0 Å². The lowest BCUT2D eigenvalue weighted by molar-refractivity contribution is 0.219. The first-order valence-corrected chi connectivity index (χ1v) is 8.48. The smallest absolute Gasteiger partial charge is 0.159 e. The van der Waals surface area contributed by atoms with Gasteiger partial charge < -0.3 is 4.74 Å². The normalized spacial score (nSPS) is 19.6. The Morgan fingerprint density at radius 1 is 1.42 bits per heavy atom. The number of thiazole rings is 1. The Morgan fingerprint density at radius 2 is 2.26 bits per heavy atom. The molecule has 0 bridgehead atoms. The van der Waals surface area contributed by atoms with E-state index in [1.807, 2.05) is 23.9 Å². The van der Waals surface area contributed by atoms with E-state index in [2.05, 4.69) is 31.4 Å². The zero-order valence-corrected chi connectivity index (χ0v) is 12.8. The summed E-state index contributed by atoms with van der Waals surface area (Å²) in [4.78, 5) is 5.99. The highest BCUT2D eigenvalue weighted by atomic mass is 32.2. The van der Waals surface area contributed by atoms with Crippen LogP contribution in [0, 0.1) is 0 Å². The van der Waals surface area contributed by atoms with Crippen LogP contribution in [-0.4, -0.2) is 10.7 Å². The number of aromatic nitrogens is 1. The highest BCUT2D eigenvalue weighted by molar-refractivity contribution is 7.99. The molecule has 2 atom stereocenters. The zero-order chi connectivity index (χ0) is 13.2. The molecule has 1 aliphatic rings. The summed E-state index contributed by atoms with van der Waals surface area (Å²) in [6.45, 7) is 4.43. The van der Waals surface area contributed by atoms with Gasteiger partial charge in [0.15, 0.2) is 6.10 Å². The number of fused-ring (bicyclic) bond motifs is 1. The minimum Gasteiger partial charge on any atom is -0.481 e. The molecule has 1 aromatic carbocycles. The van der Waals surface area contributed by atoms with Crippen molar-refractivity contribution >= 4 is 23.1 Å². The van der Waals surface area contributed by atoms with Crippen molar-refractivity contribution in [3.8, 4) is 5.75 Å². The Kier molecular flexibility index (Phi) is 3.80. The Labute approximate surface area is 122 Å². The van der Waals surface area contributed by atoms with Crippen molar-refractivity contribution in [2.24, 2.45) is 0 Å². The van der Waals surface area contributed by atoms with Crippen LogP contribution in [0.25, 0.3) is 0 Å². The number of ether oxygens (including phenoxy) is 1. The Balaban J connectivity index is 1.79. The molecule has 2 heterocycles. The first-order chi connectivity index (χ1) is 9.28. The van der Waals surface area contributed by atoms with Crippen molar-refractivity contribution in [2.45, 2.75) is 37.2 Å². The number of benzene rings is 1. The molecule has 3 rings (SSSR count). The van der Waals surface area contributed by atoms with Crippen molar-refractivity contribution in [3.63, 3.8) is 0 Å². The lowest BCUT2D eigenvalue weighted by Gasteiger charge is -2.23. The maximum atomic E-state index is 6.07. The van der Waals surface area contributed by atoms with Gasteiger partial charge >= 0.3 is 0 Å². The Morgan fingerprint density at radius 3 is 3.11 bits per heavy atom. The number of hydrogen-bond acceptors (Lipinski definition) is 4. The van der Waals surface area contributed by atoms with Gasteiger partial charge in [-0.15, -0.1) is 23.1 Å². The highest BCUT2D eigenvalue weighted by Gasteiger charge is 2.24. The molecule has 0 N–H and O–H groups in total. The molecule has 19 heavy (non-hydrogen) atoms. The van der Waals surface area contributed by atoms with Crippen LogP contribution in [0.1, 0.15) is 43.0 Å². The van der Waals surface area contributed by atoms with Crippen LogP contribution in [0.5, 0.6) is 5.75 Å². The van der Waals surface area contributed by atoms with E-state index in [0.29, 0.717) is 5.92 Å². The molecule has 1 aromatic heterocycles. The molecule has 0 saturated carbocycles. The van der Waals surface area contributed by atoms with Gasteiger partial charge in [-0.1, -0.05) is 26.0 Å². The maximum Gasteiger partial charge on any atom is 0.159 e. The third kappa shape index (κ3) is 2.65. The molecule has 0 saturated heterocycles. The first kappa shape index (κ1) is 13.0. The van der Waals surface area contributed by atoms with Crippen molar-refractivity contribution in [3.05, 3.63) is 40.3 Å². The highest BCUT2D eigenvalue weighted by Crippen LogP contribution is 2.41. The summed E-state index contributed by atoms with van der Waals surface area (Å²) in [5, 5.41) is 3.29. The summed E-state index contributed by atoms with van der Waals surface area (Å²) in [7, 11) is 0. The predicted octanol–water partition coefficient (Wildman–Crippen LogP) is 4.88. The number of hydrogen-bond donors (Lipinski definition) is 0. The summed E-state index contributed by atoms with van der Waals surface area (Å²) in [6.07, 6.45) is 1.23. The SMILES string of the molecule is CCC(C)c1csc(C2CSc3ccccc3O2)n1. The summed E-state index contributed by atoms with van der Waals surface area (Å²) < 4.78 is 6.07. The minimum absolute atomic E-state index is 0.0997. The second kappa shape index (κ2) is 5.55. The first-order valence-electron chi connectivity index (χ1n) is 6.61. The predicted molar refractivity (Wildman–Crippen MR) is 81.4 cm³/mol. The molecule has 0 amide bonds. The van der Waals surface area contributed by atoms with Crippen LogP contribution in [0.2, 0.25) is 0 Å². The molecule has 2 nitrogen and oxygen atoms in total. The molecule has 0 fully saturated rings. The van der Waals surface area contributed by atoms with Crippen LogP contribution >= 0.6 is 23.1 Å². The lowest BCUT2D eigenvalue weighted by atomic mass is 10.1. The number of rotatable bonds is 3. The van der Waals surface area contributed by atoms with E-state index in [-0.39, 0.29) is 6.10 Å². The molecule has 0 radical (unpaired) electrons. The summed E-state index contributed by atoms with van der Waals surface area (Å²) >= 11 is 3.58. The van der Waals surface area contributed by atoms with Gasteiger partial charge in [0.05, 0.1) is 5.69 Å². The van der Waals surface area contributed by atoms with Gasteiger partial charge in [0.25, 0.3) is 0 Å². The van der Waals surface area contributed by atoms with Gasteiger partial charge in [-0.25, -0.2) is 4.98 Å². The quantitative estimate of drug-likeness (QED) is 0.804. The Hall–Kier alpha value is -1.00. The fourth-order valence-electron chi connectivity index (χ4n) is 2.03. The average molecular weight is 291 g/mol. The van der Waals surface area contributed by atoms with Crippen LogP contribution in [0.4, 0.5) is 0 Å². The molecule has 0 aliphatic carbocycles. The van der Waals surface area contributed by atoms with Crippen molar-refractivity contribution in [1.82, 2.24) is 4.98 Å². The second-order valence-corrected chi connectivity index (χ2v) is 6.74. The monoisotopic (exact) mass is 291 g/mol. The molecular weight excluding hydrogens is 274 g/mol. The number of para-hydroxylation sites is 1. The number of thioether (sulfide) groups is 1. The second-order valence-electron chi connectivity index (χ2n) is 4.78. The molecule has 4 heteroatoms. The van der Waals surface area contributed by atoms with Crippen LogP contribution in [0.15, 0.2) is 34.5 Å². The zero-order valence-electron chi connectivity index (χ0n) is 11.1. The molecule has 1 aliphatic heterocycles. The lowest BCUT2D eigenvalue weighted by Crippen LogP contribution is -2.14. The van der Waals surface area contributed by atoms with Gasteiger partial charge in [0.2, 0.25) is 0 Å². The minimum atomic E-state index is 0.0997. The standard InChI is InChI=1S/C15H17NOS2/c1-3-10(2)11-8-19-15(16-11)13-9-18-14-7-5-4-6-12(14)17-13/h4-8,10,13H,3,9H2,1-2H3. The van der Waals surface area contributed by atoms with Crippen molar-refractivity contribution in [1.29, 1.82) is 0 Å². The molecular formula is C15H17NOS2. The fourth-order valence-corrected chi connectivity index (χ4v) is 4.09. The molecule has 2 unspecified atom stereocenters. The van der Waals surface area contributed by atoms with E-state index in [9.17, 15) is 0 Å². The van der Waals surface area contributed by atoms with E-state index in [1.54, 1.807) is 11.3 Å². The number of nitrogens with zero attached hydrogens (tertiary/aromatic N) is 1. The fraction of sp³-hybridized carbons (Fsp3) is 0.400. The van der Waals surface area contributed by atoms with Crippen LogP contribution in [-0.2, 0) is 0 Å². The van der Waals surface area contributed by atoms with Gasteiger partial charge in [0.1, 0.15) is 10.8 Å². The molecule has 100 valence electrons. The maximum absolute atomic E-state index is 6.07. The van der Waals surface area contributed by atoms with Crippen molar-refractivity contribution < 1.29 is 4.74 Å². The van der Waals surface area contributed by atoms with E-state index in [0.717, 1.165) is 22.9 Å². The average Bonchev–Trinajstić information content (AvgIpc) is 2.95. The third-order valence-corrected chi connectivity index (χ3v) is 5.51. The molecule has 0 spiro atoms. The van der Waals surface area contributed by atoms with E-state index in [4.69, 9.17) is 9.72 Å². The van der Waals surface area contributed by atoms with Gasteiger partial charge in [0, 0.05) is 16.0 Å². The van der Waals surface area contributed by atoms with Crippen LogP contribution < -0.4 is 4.74 Å². The molecule has 2 aromatic rings. The Bertz CT molecular complexity index is 567. The largest absolute Gasteiger partial charge is 0.481 e. The van der Waals surface area contributed by atoms with E-state index >= 15 is 0 Å². The van der Waals surface area contributed by atoms with Crippen LogP contribution in [0.3, 0.4) is 0 Å². The summed E-state index contributed by atoms with van der Waals surface area (Å²) in [6, 6.07) is 8.23. The summed E-state index contributed by atoms with van der Waals surface area (Å²) in [5.41, 5.74) is 1.20. The van der Waals surface area contributed by atoms with Gasteiger partial charge in [-0.3, -0.25) is 0 Å². The topological polar surface area (TPSA) is 22.1 Å². The third-order valence-electron chi connectivity index (χ3n) is 3.44. The van der Waals surface area contributed by atoms with E-state index in [1.165, 1.54) is 10.6 Å². The van der Waals surface area contributed by atoms with Gasteiger partial charge in [-0.05, 0) is 24.5 Å². The van der Waals surface area contributed by atoms with E-state index < -0.39 is 0 Å². The summed E-state index contributed by atoms with van der Waals surface area (Å²) in [5.74, 6) is 2.47.